The van der Waals surface area contributed by atoms with Crippen LogP contribution >= 0.6 is 0 Å². The number of aryl methyl sites for hydroxylation is 2. The van der Waals surface area contributed by atoms with Gasteiger partial charge in [-0.15, -0.1) is 0 Å². The fourth-order valence-corrected chi connectivity index (χ4v) is 1.81. The maximum Gasteiger partial charge on any atom is 0.345 e. The summed E-state index contributed by atoms with van der Waals surface area (Å²) in [4.78, 5) is 23.5. The molecule has 0 saturated heterocycles. The van der Waals surface area contributed by atoms with Crippen molar-refractivity contribution in [1.82, 2.24) is 29.4 Å². The number of hydrogen-bond acceptors (Lipinski definition) is 4. The summed E-state index contributed by atoms with van der Waals surface area (Å²) < 4.78 is 4.24. The van der Waals surface area contributed by atoms with E-state index < -0.39 is 0 Å². The van der Waals surface area contributed by atoms with Gasteiger partial charge in [-0.3, -0.25) is 14.0 Å². The summed E-state index contributed by atoms with van der Waals surface area (Å²) in [6.07, 6.45) is 4.99. The zero-order chi connectivity index (χ0) is 14.7. The highest BCUT2D eigenvalue weighted by atomic mass is 16.2. The van der Waals surface area contributed by atoms with Crippen molar-refractivity contribution in [2.45, 2.75) is 33.0 Å². The molecule has 0 aliphatic carbocycles. The van der Waals surface area contributed by atoms with Crippen molar-refractivity contribution in [3.63, 3.8) is 0 Å². The fraction of sp³-hybridized carbons (Fsp3) is 0.500. The number of carbonyl (C=O) groups excluding carboxylic acids is 1. The molecule has 1 N–H and O–H groups in total. The van der Waals surface area contributed by atoms with Crippen LogP contribution in [-0.4, -0.2) is 30.0 Å². The highest BCUT2D eigenvalue weighted by molar-refractivity contribution is 5.76. The maximum atomic E-state index is 11.9. The third-order valence-corrected chi connectivity index (χ3v) is 3.03. The normalized spacial score (nSPS) is 12.3. The summed E-state index contributed by atoms with van der Waals surface area (Å²) in [5.74, 6) is -0.262. The number of amides is 1. The first-order chi connectivity index (χ1) is 9.51. The minimum atomic E-state index is -0.313. The molecular formula is C12H18N6O2. The molecule has 1 atom stereocenters. The molecule has 0 fully saturated rings. The highest BCUT2D eigenvalue weighted by Crippen LogP contribution is 2.10. The minimum absolute atomic E-state index is 0.0913. The average Bonchev–Trinajstić information content (AvgIpc) is 3.01. The highest BCUT2D eigenvalue weighted by Gasteiger charge is 2.13. The first-order valence-corrected chi connectivity index (χ1v) is 6.41. The zero-order valence-electron chi connectivity index (χ0n) is 11.8. The lowest BCUT2D eigenvalue weighted by atomic mass is 10.2. The van der Waals surface area contributed by atoms with Gasteiger partial charge in [0.2, 0.25) is 5.91 Å². The van der Waals surface area contributed by atoms with Gasteiger partial charge in [0, 0.05) is 25.4 Å². The van der Waals surface area contributed by atoms with Crippen molar-refractivity contribution in [2.24, 2.45) is 7.05 Å². The van der Waals surface area contributed by atoms with Crippen LogP contribution in [0, 0.1) is 0 Å². The molecule has 2 heterocycles. The van der Waals surface area contributed by atoms with E-state index in [-0.39, 0.29) is 24.2 Å². The van der Waals surface area contributed by atoms with Crippen molar-refractivity contribution in [1.29, 1.82) is 0 Å². The molecule has 8 nitrogen and oxygen atoms in total. The van der Waals surface area contributed by atoms with E-state index in [0.717, 1.165) is 16.8 Å². The molecule has 0 aliphatic heterocycles. The number of hydrogen-bond donors (Lipinski definition) is 1. The van der Waals surface area contributed by atoms with E-state index in [9.17, 15) is 9.59 Å². The molecule has 0 saturated carbocycles. The Balaban J connectivity index is 1.97. The van der Waals surface area contributed by atoms with Crippen LogP contribution in [-0.2, 0) is 24.9 Å². The van der Waals surface area contributed by atoms with Crippen LogP contribution in [0.5, 0.6) is 0 Å². The Labute approximate surface area is 116 Å². The molecule has 2 aromatic rings. The van der Waals surface area contributed by atoms with Crippen LogP contribution in [0.3, 0.4) is 0 Å². The second-order valence-electron chi connectivity index (χ2n) is 4.60. The van der Waals surface area contributed by atoms with Crippen molar-refractivity contribution < 1.29 is 4.79 Å². The fourth-order valence-electron chi connectivity index (χ4n) is 1.81. The monoisotopic (exact) mass is 278 g/mol. The second kappa shape index (κ2) is 5.72. The zero-order valence-corrected chi connectivity index (χ0v) is 11.8. The molecular weight excluding hydrogens is 260 g/mol. The topological polar surface area (TPSA) is 86.7 Å². The lowest BCUT2D eigenvalue weighted by Crippen LogP contribution is -2.34. The van der Waals surface area contributed by atoms with Crippen molar-refractivity contribution in [3.8, 4) is 0 Å². The van der Waals surface area contributed by atoms with E-state index >= 15 is 0 Å². The first-order valence-electron chi connectivity index (χ1n) is 6.41. The Morgan fingerprint density at radius 1 is 1.45 bits per heavy atom. The number of aromatic nitrogens is 5. The molecule has 2 rings (SSSR count). The Kier molecular flexibility index (Phi) is 4.02. The third-order valence-electron chi connectivity index (χ3n) is 3.03. The molecule has 0 radical (unpaired) electrons. The summed E-state index contributed by atoms with van der Waals surface area (Å²) in [6.45, 7) is 4.56. The van der Waals surface area contributed by atoms with E-state index in [1.54, 1.807) is 17.9 Å². The molecule has 0 bridgehead atoms. The van der Waals surface area contributed by atoms with Gasteiger partial charge in [-0.1, -0.05) is 0 Å². The van der Waals surface area contributed by atoms with Gasteiger partial charge in [-0.2, -0.15) is 10.2 Å². The quantitative estimate of drug-likeness (QED) is 0.811. The second-order valence-corrected chi connectivity index (χ2v) is 4.60. The van der Waals surface area contributed by atoms with Gasteiger partial charge in [-0.25, -0.2) is 9.48 Å². The lowest BCUT2D eigenvalue weighted by molar-refractivity contribution is -0.122. The molecule has 1 amide bonds. The Morgan fingerprint density at radius 2 is 2.20 bits per heavy atom. The van der Waals surface area contributed by atoms with Gasteiger partial charge in [-0.05, 0) is 13.8 Å². The molecule has 20 heavy (non-hydrogen) atoms. The maximum absolute atomic E-state index is 11.9. The van der Waals surface area contributed by atoms with E-state index in [1.165, 1.54) is 10.9 Å². The predicted molar refractivity (Wildman–Crippen MR) is 71.9 cm³/mol. The number of carbonyl (C=O) groups is 1. The molecule has 0 aliphatic rings. The SMILES string of the molecule is CCn1cc([C@H](C)NC(=O)Cn2ncn(C)c2=O)cn1. The summed E-state index contributed by atoms with van der Waals surface area (Å²) >= 11 is 0. The van der Waals surface area contributed by atoms with Crippen LogP contribution in [0.2, 0.25) is 0 Å². The van der Waals surface area contributed by atoms with E-state index in [0.29, 0.717) is 0 Å². The van der Waals surface area contributed by atoms with Crippen LogP contribution in [0.1, 0.15) is 25.5 Å². The minimum Gasteiger partial charge on any atom is -0.348 e. The van der Waals surface area contributed by atoms with E-state index in [2.05, 4.69) is 15.5 Å². The van der Waals surface area contributed by atoms with Gasteiger partial charge in [0.05, 0.1) is 12.2 Å². The third kappa shape index (κ3) is 2.95. The van der Waals surface area contributed by atoms with Crippen molar-refractivity contribution in [3.05, 3.63) is 34.8 Å². The van der Waals surface area contributed by atoms with Crippen molar-refractivity contribution in [2.75, 3.05) is 0 Å². The van der Waals surface area contributed by atoms with Gasteiger partial charge in [0.1, 0.15) is 12.9 Å². The van der Waals surface area contributed by atoms with Gasteiger partial charge in [0.25, 0.3) is 0 Å². The smallest absolute Gasteiger partial charge is 0.345 e. The van der Waals surface area contributed by atoms with Crippen LogP contribution < -0.4 is 11.0 Å². The van der Waals surface area contributed by atoms with Gasteiger partial charge in [0.15, 0.2) is 0 Å². The summed E-state index contributed by atoms with van der Waals surface area (Å²) in [5, 5.41) is 10.8. The molecule has 2 aromatic heterocycles. The Bertz CT molecular complexity index is 653. The number of nitrogens with zero attached hydrogens (tertiary/aromatic N) is 5. The first kappa shape index (κ1) is 14.0. The summed E-state index contributed by atoms with van der Waals surface area (Å²) in [5.41, 5.74) is 0.611. The molecule has 108 valence electrons. The largest absolute Gasteiger partial charge is 0.348 e. The predicted octanol–water partition coefficient (Wildman–Crippen LogP) is -0.324. The van der Waals surface area contributed by atoms with Crippen LogP contribution in [0.25, 0.3) is 0 Å². The molecule has 0 unspecified atom stereocenters. The molecule has 8 heteroatoms. The summed E-state index contributed by atoms with van der Waals surface area (Å²) in [7, 11) is 1.59. The molecule has 0 spiro atoms. The van der Waals surface area contributed by atoms with Crippen LogP contribution in [0.4, 0.5) is 0 Å². The standard InChI is InChI=1S/C12H18N6O2/c1-4-17-6-10(5-13-17)9(2)15-11(19)7-18-12(20)16(3)8-14-18/h5-6,8-9H,4,7H2,1-3H3,(H,15,19)/t9-/m0/s1. The van der Waals surface area contributed by atoms with Gasteiger partial charge >= 0.3 is 5.69 Å². The van der Waals surface area contributed by atoms with E-state index in [1.807, 2.05) is 20.0 Å². The van der Waals surface area contributed by atoms with Crippen LogP contribution in [0.15, 0.2) is 23.5 Å². The summed E-state index contributed by atoms with van der Waals surface area (Å²) in [6, 6.07) is -0.165. The number of rotatable bonds is 5. The number of nitrogens with one attached hydrogen (secondary N) is 1. The Hall–Kier alpha value is -2.38. The van der Waals surface area contributed by atoms with Gasteiger partial charge < -0.3 is 5.32 Å². The lowest BCUT2D eigenvalue weighted by Gasteiger charge is -2.11. The van der Waals surface area contributed by atoms with Crippen molar-refractivity contribution >= 4 is 5.91 Å². The molecule has 0 aromatic carbocycles. The average molecular weight is 278 g/mol. The van der Waals surface area contributed by atoms with E-state index in [4.69, 9.17) is 0 Å². The Morgan fingerprint density at radius 3 is 2.75 bits per heavy atom.